The third-order valence-electron chi connectivity index (χ3n) is 2.42. The van der Waals surface area contributed by atoms with Crippen LogP contribution in [0.3, 0.4) is 0 Å². The zero-order chi connectivity index (χ0) is 14.5. The number of hydrogen-bond donors (Lipinski definition) is 1. The van der Waals surface area contributed by atoms with Crippen LogP contribution in [0, 0.1) is 3.57 Å². The van der Waals surface area contributed by atoms with Crippen LogP contribution in [-0.4, -0.2) is 11.1 Å². The lowest BCUT2D eigenvalue weighted by atomic mass is 10.2. The second kappa shape index (κ2) is 6.76. The van der Waals surface area contributed by atoms with E-state index in [0.717, 1.165) is 9.65 Å². The molecule has 0 bridgehead atoms. The minimum absolute atomic E-state index is 0.510. The van der Waals surface area contributed by atoms with Crippen molar-refractivity contribution >= 4 is 46.2 Å². The molecule has 2 aromatic carbocycles. The minimum atomic E-state index is -1.01. The van der Waals surface area contributed by atoms with Gasteiger partial charge in [-0.2, -0.15) is 0 Å². The molecule has 0 spiro atoms. The van der Waals surface area contributed by atoms with Gasteiger partial charge in [-0.05, 0) is 65.1 Å². The lowest BCUT2D eigenvalue weighted by molar-refractivity contribution is -0.131. The van der Waals surface area contributed by atoms with Crippen LogP contribution in [0.1, 0.15) is 5.56 Å². The summed E-state index contributed by atoms with van der Waals surface area (Å²) in [5.74, 6) is 0.161. The van der Waals surface area contributed by atoms with Gasteiger partial charge in [-0.3, -0.25) is 0 Å². The Morgan fingerprint density at radius 2 is 1.90 bits per heavy atom. The summed E-state index contributed by atoms with van der Waals surface area (Å²) in [6.45, 7) is 0. The molecule has 0 saturated heterocycles. The summed E-state index contributed by atoms with van der Waals surface area (Å²) in [5.41, 5.74) is 0.648. The van der Waals surface area contributed by atoms with Crippen LogP contribution in [0.15, 0.2) is 48.5 Å². The molecule has 0 aromatic heterocycles. The molecular weight excluding hydrogens is 391 g/mol. The number of benzene rings is 2. The van der Waals surface area contributed by atoms with Crippen molar-refractivity contribution in [3.8, 4) is 11.5 Å². The molecule has 102 valence electrons. The van der Waals surface area contributed by atoms with E-state index >= 15 is 0 Å². The number of aliphatic carboxylic acids is 1. The van der Waals surface area contributed by atoms with E-state index in [1.165, 1.54) is 6.08 Å². The Kier molecular flexibility index (Phi) is 5.03. The number of halogens is 2. The number of carbonyl (C=O) groups is 1. The summed E-state index contributed by atoms with van der Waals surface area (Å²) in [7, 11) is 0. The minimum Gasteiger partial charge on any atom is -0.478 e. The van der Waals surface area contributed by atoms with Crippen LogP contribution in [0.2, 0.25) is 5.02 Å². The summed E-state index contributed by atoms with van der Waals surface area (Å²) in [6, 6.07) is 12.6. The molecule has 2 aromatic rings. The summed E-state index contributed by atoms with van der Waals surface area (Å²) < 4.78 is 6.85. The molecule has 0 heterocycles. The average Bonchev–Trinajstić information content (AvgIpc) is 2.40. The van der Waals surface area contributed by atoms with Crippen molar-refractivity contribution in [2.45, 2.75) is 0 Å². The highest BCUT2D eigenvalue weighted by Crippen LogP contribution is 2.29. The van der Waals surface area contributed by atoms with E-state index in [9.17, 15) is 4.79 Å². The number of carboxylic acid groups (broad SMARTS) is 1. The zero-order valence-electron chi connectivity index (χ0n) is 10.2. The molecule has 5 heteroatoms. The molecule has 3 nitrogen and oxygen atoms in total. The van der Waals surface area contributed by atoms with Crippen LogP contribution < -0.4 is 4.74 Å². The van der Waals surface area contributed by atoms with Crippen LogP contribution in [0.4, 0.5) is 0 Å². The normalized spacial score (nSPS) is 10.7. The molecule has 0 aliphatic heterocycles. The summed E-state index contributed by atoms with van der Waals surface area (Å²) in [4.78, 5) is 10.6. The maximum atomic E-state index is 10.6. The second-order valence-electron chi connectivity index (χ2n) is 3.91. The number of ether oxygens (including phenoxy) is 1. The Hall–Kier alpha value is -1.53. The van der Waals surface area contributed by atoms with Gasteiger partial charge in [0, 0.05) is 26.3 Å². The van der Waals surface area contributed by atoms with Crippen molar-refractivity contribution in [2.75, 3.05) is 0 Å². The average molecular weight is 401 g/mol. The lowest BCUT2D eigenvalue weighted by Gasteiger charge is -2.09. The highest BCUT2D eigenvalue weighted by atomic mass is 127. The Balaban J connectivity index is 2.31. The number of rotatable bonds is 4. The predicted octanol–water partition coefficient (Wildman–Crippen LogP) is 4.83. The van der Waals surface area contributed by atoms with Crippen LogP contribution in [-0.2, 0) is 4.79 Å². The fraction of sp³-hybridized carbons (Fsp3) is 0. The smallest absolute Gasteiger partial charge is 0.328 e. The van der Waals surface area contributed by atoms with Crippen molar-refractivity contribution in [1.82, 2.24) is 0 Å². The quantitative estimate of drug-likeness (QED) is 0.590. The van der Waals surface area contributed by atoms with Gasteiger partial charge in [0.25, 0.3) is 0 Å². The second-order valence-corrected chi connectivity index (χ2v) is 5.59. The first-order valence-corrected chi connectivity index (χ1v) is 7.14. The van der Waals surface area contributed by atoms with Crippen molar-refractivity contribution in [2.24, 2.45) is 0 Å². The molecule has 0 aliphatic rings. The van der Waals surface area contributed by atoms with E-state index in [2.05, 4.69) is 22.6 Å². The van der Waals surface area contributed by atoms with Crippen molar-refractivity contribution in [3.05, 3.63) is 62.7 Å². The van der Waals surface area contributed by atoms with Gasteiger partial charge >= 0.3 is 5.97 Å². The summed E-state index contributed by atoms with van der Waals surface area (Å²) >= 11 is 8.16. The number of carboxylic acids is 1. The molecule has 0 fully saturated rings. The van der Waals surface area contributed by atoms with Gasteiger partial charge in [0.1, 0.15) is 11.5 Å². The van der Waals surface area contributed by atoms with Gasteiger partial charge in [0.2, 0.25) is 0 Å². The molecule has 0 saturated carbocycles. The highest BCUT2D eigenvalue weighted by Gasteiger charge is 2.05. The predicted molar refractivity (Wildman–Crippen MR) is 87.4 cm³/mol. The monoisotopic (exact) mass is 400 g/mol. The maximum Gasteiger partial charge on any atom is 0.328 e. The first kappa shape index (κ1) is 14.9. The van der Waals surface area contributed by atoms with Crippen LogP contribution in [0.5, 0.6) is 11.5 Å². The van der Waals surface area contributed by atoms with Gasteiger partial charge in [-0.15, -0.1) is 0 Å². The molecule has 20 heavy (non-hydrogen) atoms. The third-order valence-corrected chi connectivity index (χ3v) is 3.38. The largest absolute Gasteiger partial charge is 0.478 e. The van der Waals surface area contributed by atoms with E-state index in [0.29, 0.717) is 22.1 Å². The van der Waals surface area contributed by atoms with Gasteiger partial charge in [-0.25, -0.2) is 4.79 Å². The van der Waals surface area contributed by atoms with E-state index in [-0.39, 0.29) is 0 Å². The first-order valence-electron chi connectivity index (χ1n) is 5.68. The van der Waals surface area contributed by atoms with Crippen molar-refractivity contribution in [3.63, 3.8) is 0 Å². The molecule has 0 amide bonds. The molecule has 0 unspecified atom stereocenters. The fourth-order valence-electron chi connectivity index (χ4n) is 1.52. The van der Waals surface area contributed by atoms with Crippen molar-refractivity contribution in [1.29, 1.82) is 0 Å². The summed E-state index contributed by atoms with van der Waals surface area (Å²) in [5, 5.41) is 9.21. The fourth-order valence-corrected chi connectivity index (χ4v) is 2.05. The third kappa shape index (κ3) is 4.25. The molecular formula is C15H10ClIO3. The Morgan fingerprint density at radius 3 is 2.55 bits per heavy atom. The van der Waals surface area contributed by atoms with Gasteiger partial charge in [-0.1, -0.05) is 11.6 Å². The Morgan fingerprint density at radius 1 is 1.20 bits per heavy atom. The Bertz CT molecular complexity index is 651. The zero-order valence-corrected chi connectivity index (χ0v) is 13.1. The maximum absolute atomic E-state index is 10.6. The van der Waals surface area contributed by atoms with Crippen LogP contribution >= 0.6 is 34.2 Å². The van der Waals surface area contributed by atoms with E-state index in [1.54, 1.807) is 18.2 Å². The first-order chi connectivity index (χ1) is 9.54. The van der Waals surface area contributed by atoms with E-state index in [1.807, 2.05) is 24.3 Å². The molecule has 0 aliphatic carbocycles. The topological polar surface area (TPSA) is 46.5 Å². The standard InChI is InChI=1S/C15H10ClIO3/c16-11-3-1-10(2-8-15(18)19)14(9-11)20-13-6-4-12(17)5-7-13/h1-9H,(H,18,19)/b8-2+. The molecule has 1 N–H and O–H groups in total. The number of hydrogen-bond acceptors (Lipinski definition) is 2. The lowest BCUT2D eigenvalue weighted by Crippen LogP contribution is -1.90. The van der Waals surface area contributed by atoms with Gasteiger partial charge < -0.3 is 9.84 Å². The van der Waals surface area contributed by atoms with E-state index < -0.39 is 5.97 Å². The molecule has 0 atom stereocenters. The van der Waals surface area contributed by atoms with Gasteiger partial charge in [0.05, 0.1) is 0 Å². The highest BCUT2D eigenvalue weighted by molar-refractivity contribution is 14.1. The SMILES string of the molecule is O=C(O)/C=C/c1ccc(Cl)cc1Oc1ccc(I)cc1. The van der Waals surface area contributed by atoms with E-state index in [4.69, 9.17) is 21.4 Å². The Labute approximate surface area is 135 Å². The van der Waals surface area contributed by atoms with Gasteiger partial charge in [0.15, 0.2) is 0 Å². The summed E-state index contributed by atoms with van der Waals surface area (Å²) in [6.07, 6.45) is 2.53. The van der Waals surface area contributed by atoms with Crippen LogP contribution in [0.25, 0.3) is 6.08 Å². The molecule has 2 rings (SSSR count). The van der Waals surface area contributed by atoms with Crippen molar-refractivity contribution < 1.29 is 14.6 Å². The molecule has 0 radical (unpaired) electrons.